The minimum Gasteiger partial charge on any atom is -0.399 e. The predicted molar refractivity (Wildman–Crippen MR) is 69.9 cm³/mol. The summed E-state index contributed by atoms with van der Waals surface area (Å²) in [7, 11) is 0. The normalized spacial score (nSPS) is 10.1. The van der Waals surface area contributed by atoms with E-state index >= 15 is 0 Å². The number of nitrogens with two attached hydrogens (primary N) is 1. The third-order valence-corrected chi connectivity index (χ3v) is 2.45. The van der Waals surface area contributed by atoms with Gasteiger partial charge in [-0.1, -0.05) is 6.07 Å². The summed E-state index contributed by atoms with van der Waals surface area (Å²) >= 11 is 0. The molecule has 92 valence electrons. The molecule has 18 heavy (non-hydrogen) atoms. The molecule has 0 fully saturated rings. The van der Waals surface area contributed by atoms with Gasteiger partial charge in [-0.05, 0) is 48.9 Å². The quantitative estimate of drug-likeness (QED) is 0.798. The molecule has 0 saturated heterocycles. The van der Waals surface area contributed by atoms with Crippen LogP contribution in [0, 0.1) is 12.7 Å². The summed E-state index contributed by atoms with van der Waals surface area (Å²) in [5, 5.41) is 2.67. The number of halogens is 1. The lowest BCUT2D eigenvalue weighted by molar-refractivity contribution is 0.102. The number of nitrogen functional groups attached to an aromatic ring is 1. The van der Waals surface area contributed by atoms with Gasteiger partial charge in [0.1, 0.15) is 5.82 Å². The van der Waals surface area contributed by atoms with Crippen molar-refractivity contribution in [3.05, 3.63) is 59.4 Å². The van der Waals surface area contributed by atoms with Gasteiger partial charge in [0, 0.05) is 16.9 Å². The van der Waals surface area contributed by atoms with Gasteiger partial charge in [0.25, 0.3) is 5.91 Å². The maximum absolute atomic E-state index is 13.2. The number of anilines is 2. The second kappa shape index (κ2) is 4.87. The smallest absolute Gasteiger partial charge is 0.255 e. The predicted octanol–water partition coefficient (Wildman–Crippen LogP) is 2.97. The number of hydrogen-bond donors (Lipinski definition) is 2. The van der Waals surface area contributed by atoms with E-state index in [9.17, 15) is 9.18 Å². The Morgan fingerprint density at radius 2 is 2.00 bits per heavy atom. The zero-order valence-electron chi connectivity index (χ0n) is 9.91. The van der Waals surface area contributed by atoms with Gasteiger partial charge < -0.3 is 11.1 Å². The number of rotatable bonds is 2. The molecular formula is C14H13FN2O. The first-order valence-electron chi connectivity index (χ1n) is 5.49. The topological polar surface area (TPSA) is 55.1 Å². The van der Waals surface area contributed by atoms with Crippen LogP contribution in [0.5, 0.6) is 0 Å². The molecule has 3 N–H and O–H groups in total. The Bertz CT molecular complexity index is 576. The highest BCUT2D eigenvalue weighted by Crippen LogP contribution is 2.14. The van der Waals surface area contributed by atoms with Gasteiger partial charge in [-0.2, -0.15) is 0 Å². The summed E-state index contributed by atoms with van der Waals surface area (Å²) < 4.78 is 13.2. The zero-order chi connectivity index (χ0) is 13.1. The van der Waals surface area contributed by atoms with Crippen LogP contribution in [0.2, 0.25) is 0 Å². The van der Waals surface area contributed by atoms with E-state index in [-0.39, 0.29) is 11.5 Å². The summed E-state index contributed by atoms with van der Waals surface area (Å²) in [6.45, 7) is 1.74. The van der Waals surface area contributed by atoms with Crippen LogP contribution in [-0.2, 0) is 0 Å². The lowest BCUT2D eigenvalue weighted by Gasteiger charge is -2.06. The van der Waals surface area contributed by atoms with Crippen LogP contribution in [-0.4, -0.2) is 5.91 Å². The van der Waals surface area contributed by atoms with Crippen LogP contribution in [0.1, 0.15) is 15.9 Å². The highest BCUT2D eigenvalue weighted by atomic mass is 19.1. The summed E-state index contributed by atoms with van der Waals surface area (Å²) in [5.74, 6) is -0.782. The van der Waals surface area contributed by atoms with Crippen molar-refractivity contribution in [1.29, 1.82) is 0 Å². The Hall–Kier alpha value is -2.36. The average Bonchev–Trinajstić information content (AvgIpc) is 2.27. The zero-order valence-corrected chi connectivity index (χ0v) is 9.91. The molecule has 0 saturated carbocycles. The number of benzene rings is 2. The number of amides is 1. The van der Waals surface area contributed by atoms with E-state index < -0.39 is 5.82 Å². The summed E-state index contributed by atoms with van der Waals surface area (Å²) in [6.07, 6.45) is 0. The summed E-state index contributed by atoms with van der Waals surface area (Å²) in [6, 6.07) is 11.0. The average molecular weight is 244 g/mol. The van der Waals surface area contributed by atoms with Crippen molar-refractivity contribution >= 4 is 17.3 Å². The second-order valence-electron chi connectivity index (χ2n) is 4.10. The molecule has 0 bridgehead atoms. The summed E-state index contributed by atoms with van der Waals surface area (Å²) in [5.41, 5.74) is 7.74. The molecule has 2 aromatic rings. The van der Waals surface area contributed by atoms with Crippen molar-refractivity contribution < 1.29 is 9.18 Å². The largest absolute Gasteiger partial charge is 0.399 e. The lowest BCUT2D eigenvalue weighted by Crippen LogP contribution is -2.12. The van der Waals surface area contributed by atoms with Crippen molar-refractivity contribution in [2.45, 2.75) is 6.92 Å². The lowest BCUT2D eigenvalue weighted by atomic mass is 10.1. The fourth-order valence-corrected chi connectivity index (χ4v) is 1.69. The first-order valence-corrected chi connectivity index (χ1v) is 5.49. The van der Waals surface area contributed by atoms with Crippen LogP contribution in [0.25, 0.3) is 0 Å². The van der Waals surface area contributed by atoms with Gasteiger partial charge in [-0.15, -0.1) is 0 Å². The van der Waals surface area contributed by atoms with Crippen molar-refractivity contribution in [3.8, 4) is 0 Å². The molecular weight excluding hydrogens is 231 g/mol. The van der Waals surface area contributed by atoms with E-state index in [2.05, 4.69) is 5.32 Å². The Balaban J connectivity index is 2.22. The number of aryl methyl sites for hydroxylation is 1. The molecule has 1 amide bonds. The monoisotopic (exact) mass is 244 g/mol. The van der Waals surface area contributed by atoms with Crippen LogP contribution in [0.3, 0.4) is 0 Å². The van der Waals surface area contributed by atoms with Gasteiger partial charge in [0.05, 0.1) is 0 Å². The number of hydrogen-bond acceptors (Lipinski definition) is 2. The fourth-order valence-electron chi connectivity index (χ4n) is 1.69. The molecule has 4 heteroatoms. The molecule has 0 atom stereocenters. The van der Waals surface area contributed by atoms with Crippen LogP contribution in [0.4, 0.5) is 15.8 Å². The van der Waals surface area contributed by atoms with Crippen molar-refractivity contribution in [3.63, 3.8) is 0 Å². The standard InChI is InChI=1S/C14H13FN2O/c1-9-5-10(7-11(15)6-9)14(18)17-13-4-2-3-12(16)8-13/h2-8H,16H2,1H3,(H,17,18). The van der Waals surface area contributed by atoms with Crippen molar-refractivity contribution in [2.75, 3.05) is 11.1 Å². The third-order valence-electron chi connectivity index (χ3n) is 2.45. The highest BCUT2D eigenvalue weighted by Gasteiger charge is 2.08. The molecule has 0 aliphatic carbocycles. The van der Waals surface area contributed by atoms with Crippen molar-refractivity contribution in [1.82, 2.24) is 0 Å². The van der Waals surface area contributed by atoms with Crippen molar-refractivity contribution in [2.24, 2.45) is 0 Å². The number of carbonyl (C=O) groups excluding carboxylic acids is 1. The fraction of sp³-hybridized carbons (Fsp3) is 0.0714. The van der Waals surface area contributed by atoms with Crippen LogP contribution >= 0.6 is 0 Å². The van der Waals surface area contributed by atoms with E-state index in [1.807, 2.05) is 0 Å². The van der Waals surface area contributed by atoms with Gasteiger partial charge in [0.15, 0.2) is 0 Å². The Labute approximate surface area is 104 Å². The molecule has 0 spiro atoms. The van der Waals surface area contributed by atoms with E-state index in [1.165, 1.54) is 12.1 Å². The number of nitrogens with one attached hydrogen (secondary N) is 1. The SMILES string of the molecule is Cc1cc(F)cc(C(=O)Nc2cccc(N)c2)c1. The van der Waals surface area contributed by atoms with Gasteiger partial charge in [-0.25, -0.2) is 4.39 Å². The van der Waals surface area contributed by atoms with Gasteiger partial charge in [-0.3, -0.25) is 4.79 Å². The molecule has 2 rings (SSSR count). The van der Waals surface area contributed by atoms with Crippen LogP contribution in [0.15, 0.2) is 42.5 Å². The molecule has 2 aromatic carbocycles. The first-order chi connectivity index (χ1) is 8.54. The Kier molecular flexibility index (Phi) is 3.28. The molecule has 0 aromatic heterocycles. The molecule has 0 radical (unpaired) electrons. The minimum absolute atomic E-state index is 0.287. The maximum Gasteiger partial charge on any atom is 0.255 e. The molecule has 3 nitrogen and oxygen atoms in total. The number of carbonyl (C=O) groups is 1. The second-order valence-corrected chi connectivity index (χ2v) is 4.10. The van der Waals surface area contributed by atoms with E-state index in [0.717, 1.165) is 0 Å². The highest BCUT2D eigenvalue weighted by molar-refractivity contribution is 6.04. The minimum atomic E-state index is -0.423. The third kappa shape index (κ3) is 2.85. The Morgan fingerprint density at radius 3 is 2.67 bits per heavy atom. The molecule has 0 heterocycles. The van der Waals surface area contributed by atoms with Gasteiger partial charge in [0.2, 0.25) is 0 Å². The van der Waals surface area contributed by atoms with E-state index in [4.69, 9.17) is 5.73 Å². The van der Waals surface area contributed by atoms with E-state index in [1.54, 1.807) is 37.3 Å². The van der Waals surface area contributed by atoms with E-state index in [0.29, 0.717) is 16.9 Å². The first kappa shape index (κ1) is 12.1. The van der Waals surface area contributed by atoms with Gasteiger partial charge >= 0.3 is 0 Å². The molecule has 0 aliphatic heterocycles. The Morgan fingerprint density at radius 1 is 1.22 bits per heavy atom. The molecule has 0 unspecified atom stereocenters. The maximum atomic E-state index is 13.2. The molecule has 0 aliphatic rings. The summed E-state index contributed by atoms with van der Waals surface area (Å²) in [4.78, 5) is 11.9. The van der Waals surface area contributed by atoms with Crippen LogP contribution < -0.4 is 11.1 Å².